The van der Waals surface area contributed by atoms with Crippen LogP contribution in [0.5, 0.6) is 0 Å². The second-order valence-electron chi connectivity index (χ2n) is 8.93. The highest BCUT2D eigenvalue weighted by Crippen LogP contribution is 2.47. The zero-order valence-electron chi connectivity index (χ0n) is 20.0. The van der Waals surface area contributed by atoms with E-state index in [0.717, 1.165) is 16.8 Å². The van der Waals surface area contributed by atoms with E-state index >= 15 is 0 Å². The Morgan fingerprint density at radius 1 is 1.05 bits per heavy atom. The van der Waals surface area contributed by atoms with Gasteiger partial charge in [0.2, 0.25) is 11.9 Å². The van der Waals surface area contributed by atoms with E-state index in [1.54, 1.807) is 6.92 Å². The van der Waals surface area contributed by atoms with Gasteiger partial charge in [-0.2, -0.15) is 26.3 Å². The molecule has 1 unspecified atom stereocenters. The molecule has 0 spiro atoms. The van der Waals surface area contributed by atoms with Gasteiger partial charge in [-0.3, -0.25) is 9.20 Å². The molecule has 0 fully saturated rings. The standard InChI is InChI=1S/C24H18F7N7O/c1-2-22(11-3-5-12(25)6-4-11)16-17(32)35-18(36-19(16)37-21(22)39)14-10-38-15(26)9-33-20(38)13(34-14)7-8-23(27,28)24(29,30)31/h3-6,9-10H,2,7-8H2,1H3,(H3,32,35,36,37,39). The number of hydrogen-bond donors (Lipinski definition) is 2. The molecular weight excluding hydrogens is 535 g/mol. The number of halogens is 7. The third kappa shape index (κ3) is 4.12. The highest BCUT2D eigenvalue weighted by atomic mass is 19.4. The molecule has 0 saturated carbocycles. The summed E-state index contributed by atoms with van der Waals surface area (Å²) in [5.74, 6) is -7.42. The molecular formula is C24H18F7N7O. The van der Waals surface area contributed by atoms with Gasteiger partial charge in [0.25, 0.3) is 0 Å². The Bertz CT molecular complexity index is 1600. The molecule has 4 heterocycles. The van der Waals surface area contributed by atoms with Crippen molar-refractivity contribution in [2.45, 2.75) is 43.7 Å². The Labute approximate surface area is 215 Å². The van der Waals surface area contributed by atoms with Crippen molar-refractivity contribution in [1.29, 1.82) is 0 Å². The molecule has 1 aliphatic heterocycles. The topological polar surface area (TPSA) is 111 Å². The van der Waals surface area contributed by atoms with Crippen molar-refractivity contribution in [3.63, 3.8) is 0 Å². The molecule has 8 nitrogen and oxygen atoms in total. The van der Waals surface area contributed by atoms with Crippen LogP contribution in [0.4, 0.5) is 42.4 Å². The van der Waals surface area contributed by atoms with Crippen molar-refractivity contribution < 1.29 is 35.5 Å². The van der Waals surface area contributed by atoms with E-state index in [9.17, 15) is 35.5 Å². The van der Waals surface area contributed by atoms with E-state index in [2.05, 4.69) is 25.3 Å². The van der Waals surface area contributed by atoms with Crippen LogP contribution in [-0.4, -0.2) is 42.3 Å². The van der Waals surface area contributed by atoms with Crippen LogP contribution in [0, 0.1) is 11.8 Å². The van der Waals surface area contributed by atoms with E-state index < -0.39 is 48.0 Å². The number of anilines is 2. The number of hydrogen-bond acceptors (Lipinski definition) is 6. The summed E-state index contributed by atoms with van der Waals surface area (Å²) in [6, 6.07) is 5.24. The average Bonchev–Trinajstić information content (AvgIpc) is 3.39. The number of aromatic nitrogens is 5. The molecule has 4 aromatic rings. The van der Waals surface area contributed by atoms with Gasteiger partial charge in [-0.15, -0.1) is 0 Å². The number of nitrogens with zero attached hydrogens (tertiary/aromatic N) is 5. The molecule has 1 aromatic carbocycles. The van der Waals surface area contributed by atoms with Gasteiger partial charge in [-0.1, -0.05) is 19.1 Å². The van der Waals surface area contributed by atoms with Gasteiger partial charge in [0.15, 0.2) is 11.5 Å². The Hall–Kier alpha value is -4.30. The van der Waals surface area contributed by atoms with Gasteiger partial charge >= 0.3 is 12.1 Å². The number of amides is 1. The normalized spacial score (nSPS) is 17.5. The molecule has 15 heteroatoms. The number of fused-ring (bicyclic) bond motifs is 2. The van der Waals surface area contributed by atoms with Crippen LogP contribution >= 0.6 is 0 Å². The lowest BCUT2D eigenvalue weighted by Crippen LogP contribution is -2.36. The molecule has 5 rings (SSSR count). The Balaban J connectivity index is 1.61. The minimum absolute atomic E-state index is 0.00757. The Morgan fingerprint density at radius 3 is 2.38 bits per heavy atom. The number of rotatable bonds is 6. The molecule has 1 aliphatic rings. The number of benzene rings is 1. The van der Waals surface area contributed by atoms with Crippen LogP contribution in [-0.2, 0) is 16.6 Å². The monoisotopic (exact) mass is 553 g/mol. The smallest absolute Gasteiger partial charge is 0.383 e. The van der Waals surface area contributed by atoms with Crippen LogP contribution < -0.4 is 11.1 Å². The van der Waals surface area contributed by atoms with Crippen molar-refractivity contribution in [1.82, 2.24) is 24.3 Å². The van der Waals surface area contributed by atoms with Crippen molar-refractivity contribution in [2.75, 3.05) is 11.1 Å². The number of aryl methyl sites for hydroxylation is 1. The molecule has 1 amide bonds. The van der Waals surface area contributed by atoms with Gasteiger partial charge in [0, 0.05) is 12.6 Å². The summed E-state index contributed by atoms with van der Waals surface area (Å²) in [5.41, 5.74) is 4.70. The van der Waals surface area contributed by atoms with Gasteiger partial charge in [-0.25, -0.2) is 24.3 Å². The first-order valence-electron chi connectivity index (χ1n) is 11.5. The first-order valence-corrected chi connectivity index (χ1v) is 11.5. The summed E-state index contributed by atoms with van der Waals surface area (Å²) in [5, 5.41) is 2.61. The molecule has 204 valence electrons. The number of alkyl halides is 5. The highest BCUT2D eigenvalue weighted by Gasteiger charge is 2.56. The van der Waals surface area contributed by atoms with Crippen molar-refractivity contribution in [3.05, 3.63) is 65.2 Å². The minimum atomic E-state index is -5.78. The maximum atomic E-state index is 14.4. The lowest BCUT2D eigenvalue weighted by molar-refractivity contribution is -0.284. The maximum absolute atomic E-state index is 14.4. The van der Waals surface area contributed by atoms with Crippen LogP contribution in [0.2, 0.25) is 0 Å². The second-order valence-corrected chi connectivity index (χ2v) is 8.93. The van der Waals surface area contributed by atoms with E-state index in [0.29, 0.717) is 5.56 Å². The second kappa shape index (κ2) is 8.88. The zero-order chi connectivity index (χ0) is 28.3. The van der Waals surface area contributed by atoms with Crippen LogP contribution in [0.1, 0.15) is 36.6 Å². The number of imidazole rings is 1. The minimum Gasteiger partial charge on any atom is -0.383 e. The zero-order valence-corrected chi connectivity index (χ0v) is 20.0. The van der Waals surface area contributed by atoms with Crippen LogP contribution in [0.3, 0.4) is 0 Å². The summed E-state index contributed by atoms with van der Waals surface area (Å²) in [6.45, 7) is 1.71. The third-order valence-corrected chi connectivity index (χ3v) is 6.69. The summed E-state index contributed by atoms with van der Waals surface area (Å²) >= 11 is 0. The molecule has 3 N–H and O–H groups in total. The van der Waals surface area contributed by atoms with E-state index in [-0.39, 0.29) is 46.5 Å². The van der Waals surface area contributed by atoms with Gasteiger partial charge in [0.05, 0.1) is 17.5 Å². The number of nitrogens with one attached hydrogen (secondary N) is 1. The molecule has 3 aromatic heterocycles. The summed E-state index contributed by atoms with van der Waals surface area (Å²) in [6.07, 6.45) is -6.31. The fourth-order valence-corrected chi connectivity index (χ4v) is 4.70. The first kappa shape index (κ1) is 26.3. The van der Waals surface area contributed by atoms with Gasteiger partial charge in [-0.05, 0) is 30.5 Å². The van der Waals surface area contributed by atoms with E-state index in [1.165, 1.54) is 24.3 Å². The first-order chi connectivity index (χ1) is 18.3. The predicted octanol–water partition coefficient (Wildman–Crippen LogP) is 4.83. The average molecular weight is 553 g/mol. The van der Waals surface area contributed by atoms with Crippen LogP contribution in [0.15, 0.2) is 36.7 Å². The largest absolute Gasteiger partial charge is 0.453 e. The predicted molar refractivity (Wildman–Crippen MR) is 124 cm³/mol. The van der Waals surface area contributed by atoms with Crippen molar-refractivity contribution in [3.8, 4) is 11.5 Å². The fraction of sp³-hybridized carbons (Fsp3) is 0.292. The van der Waals surface area contributed by atoms with E-state index in [1.807, 2.05) is 0 Å². The van der Waals surface area contributed by atoms with Gasteiger partial charge in [0.1, 0.15) is 28.6 Å². The van der Waals surface area contributed by atoms with Crippen molar-refractivity contribution >= 4 is 23.2 Å². The number of nitrogens with two attached hydrogens (primary N) is 1. The quantitative estimate of drug-likeness (QED) is 0.331. The summed E-state index contributed by atoms with van der Waals surface area (Å²) in [7, 11) is 0. The third-order valence-electron chi connectivity index (χ3n) is 6.69. The maximum Gasteiger partial charge on any atom is 0.453 e. The Kier molecular flexibility index (Phi) is 5.99. The number of carbonyl (C=O) groups excluding carboxylic acids is 1. The lowest BCUT2D eigenvalue weighted by atomic mass is 9.74. The lowest BCUT2D eigenvalue weighted by Gasteiger charge is -2.27. The number of nitrogen functional groups attached to an aromatic ring is 1. The van der Waals surface area contributed by atoms with Crippen LogP contribution in [0.25, 0.3) is 17.2 Å². The van der Waals surface area contributed by atoms with E-state index in [4.69, 9.17) is 5.73 Å². The molecule has 0 bridgehead atoms. The molecule has 1 atom stereocenters. The Morgan fingerprint density at radius 2 is 1.74 bits per heavy atom. The molecule has 39 heavy (non-hydrogen) atoms. The summed E-state index contributed by atoms with van der Waals surface area (Å²) in [4.78, 5) is 29.5. The van der Waals surface area contributed by atoms with Crippen molar-refractivity contribution in [2.24, 2.45) is 0 Å². The molecule has 0 saturated heterocycles. The SMILES string of the molecule is CCC1(c2ccc(F)cc2)C(=O)Nc2nc(-c3cn4c(F)cnc4c(CCC(F)(F)C(F)(F)F)n3)nc(N)c21. The van der Waals surface area contributed by atoms with Gasteiger partial charge < -0.3 is 11.1 Å². The number of carbonyl (C=O) groups is 1. The fourth-order valence-electron chi connectivity index (χ4n) is 4.70. The summed E-state index contributed by atoms with van der Waals surface area (Å²) < 4.78 is 94.0. The highest BCUT2D eigenvalue weighted by molar-refractivity contribution is 6.09. The molecule has 0 aliphatic carbocycles. The molecule has 0 radical (unpaired) electrons.